The minimum absolute atomic E-state index is 0.183. The molecule has 0 N–H and O–H groups in total. The van der Waals surface area contributed by atoms with Crippen molar-refractivity contribution in [3.8, 4) is 5.88 Å². The van der Waals surface area contributed by atoms with E-state index in [0.29, 0.717) is 49.1 Å². The molecular formula is C26H24F3N5O3S. The number of nitrogens with zero attached hydrogens (tertiary/aromatic N) is 5. The van der Waals surface area contributed by atoms with Gasteiger partial charge in [0.05, 0.1) is 37.7 Å². The number of ether oxygens (including phenoxy) is 2. The summed E-state index contributed by atoms with van der Waals surface area (Å²) in [6.07, 6.45) is -1.10. The summed E-state index contributed by atoms with van der Waals surface area (Å²) in [5.41, 5.74) is 4.10. The fraction of sp³-hybridized carbons (Fsp3) is 0.346. The molecule has 6 rings (SSSR count). The zero-order valence-corrected chi connectivity index (χ0v) is 21.5. The van der Waals surface area contributed by atoms with E-state index in [0.717, 1.165) is 26.7 Å². The molecule has 3 aromatic heterocycles. The summed E-state index contributed by atoms with van der Waals surface area (Å²) in [6, 6.07) is 11.2. The first-order chi connectivity index (χ1) is 18.1. The smallest absolute Gasteiger partial charge is 0.452 e. The van der Waals surface area contributed by atoms with Crippen molar-refractivity contribution in [2.45, 2.75) is 43.5 Å². The number of halogens is 3. The van der Waals surface area contributed by atoms with Crippen LogP contribution in [0.5, 0.6) is 5.88 Å². The minimum Gasteiger partial charge on any atom is -0.593 e. The zero-order valence-electron chi connectivity index (χ0n) is 20.7. The summed E-state index contributed by atoms with van der Waals surface area (Å²) in [6.45, 7) is 5.39. The number of aromatic nitrogens is 4. The second-order valence-electron chi connectivity index (χ2n) is 9.75. The molecule has 0 aliphatic carbocycles. The quantitative estimate of drug-likeness (QED) is 0.359. The van der Waals surface area contributed by atoms with Crippen LogP contribution in [0.3, 0.4) is 0 Å². The molecule has 1 aromatic carbocycles. The van der Waals surface area contributed by atoms with Crippen molar-refractivity contribution in [3.05, 3.63) is 82.4 Å². The maximum absolute atomic E-state index is 13.6. The van der Waals surface area contributed by atoms with Crippen molar-refractivity contribution in [1.29, 1.82) is 0 Å². The number of fused-ring (bicyclic) bond motifs is 2. The van der Waals surface area contributed by atoms with Crippen LogP contribution >= 0.6 is 0 Å². The van der Waals surface area contributed by atoms with E-state index in [2.05, 4.69) is 21.2 Å². The Kier molecular flexibility index (Phi) is 6.10. The maximum Gasteiger partial charge on any atom is 0.452 e. The average molecular weight is 544 g/mol. The summed E-state index contributed by atoms with van der Waals surface area (Å²) >= 11 is -1.48. The van der Waals surface area contributed by atoms with Gasteiger partial charge in [-0.15, -0.1) is 14.5 Å². The van der Waals surface area contributed by atoms with Crippen molar-refractivity contribution in [2.24, 2.45) is 0 Å². The normalized spacial score (nSPS) is 19.2. The Bertz CT molecular complexity index is 1520. The summed E-state index contributed by atoms with van der Waals surface area (Å²) < 4.78 is 67.8. The number of rotatable bonds is 4. The number of hydrogen-bond acceptors (Lipinski definition) is 7. The van der Waals surface area contributed by atoms with Crippen molar-refractivity contribution < 1.29 is 27.2 Å². The van der Waals surface area contributed by atoms with Crippen LogP contribution in [-0.2, 0) is 35.2 Å². The van der Waals surface area contributed by atoms with Gasteiger partial charge in [0.25, 0.3) is 5.88 Å². The molecule has 1 atom stereocenters. The minimum atomic E-state index is -4.58. The van der Waals surface area contributed by atoms with Crippen LogP contribution in [0, 0.1) is 13.8 Å². The van der Waals surface area contributed by atoms with Gasteiger partial charge in [-0.05, 0) is 60.2 Å². The number of benzene rings is 1. The highest BCUT2D eigenvalue weighted by Crippen LogP contribution is 2.37. The van der Waals surface area contributed by atoms with Gasteiger partial charge in [-0.25, -0.2) is 4.98 Å². The molecular weight excluding hydrogens is 519 g/mol. The fourth-order valence-electron chi connectivity index (χ4n) is 4.86. The molecule has 4 aromatic rings. The second kappa shape index (κ2) is 9.23. The molecule has 0 radical (unpaired) electrons. The summed E-state index contributed by atoms with van der Waals surface area (Å²) in [5, 5.41) is 7.13. The third-order valence-corrected chi connectivity index (χ3v) is 8.43. The molecule has 2 aliphatic rings. The fourth-order valence-corrected chi connectivity index (χ4v) is 6.18. The predicted octanol–water partition coefficient (Wildman–Crippen LogP) is 4.04. The largest absolute Gasteiger partial charge is 0.593 e. The highest BCUT2D eigenvalue weighted by atomic mass is 32.2. The highest BCUT2D eigenvalue weighted by molar-refractivity contribution is 7.89. The van der Waals surface area contributed by atoms with E-state index in [1.807, 2.05) is 23.4 Å². The first-order valence-electron chi connectivity index (χ1n) is 12.0. The van der Waals surface area contributed by atoms with E-state index in [-0.39, 0.29) is 5.65 Å². The summed E-state index contributed by atoms with van der Waals surface area (Å²) in [4.78, 5) is 4.83. The van der Waals surface area contributed by atoms with Crippen LogP contribution in [-0.4, -0.2) is 53.8 Å². The molecule has 8 nitrogen and oxygen atoms in total. The van der Waals surface area contributed by atoms with E-state index >= 15 is 0 Å². The molecule has 0 amide bonds. The van der Waals surface area contributed by atoms with Gasteiger partial charge in [0, 0.05) is 18.5 Å². The molecule has 198 valence electrons. The maximum atomic E-state index is 13.6. The van der Waals surface area contributed by atoms with Gasteiger partial charge >= 0.3 is 6.18 Å². The SMILES string of the molecule is Cc1ccc(Cc2ccn3c(C(F)(F)F)nnc3c2C)cc1CN1CC2(COC2)Oc2ncccc2[S+]1[O-]. The van der Waals surface area contributed by atoms with E-state index in [1.165, 1.54) is 6.20 Å². The molecule has 5 heterocycles. The van der Waals surface area contributed by atoms with Crippen LogP contribution in [0.2, 0.25) is 0 Å². The van der Waals surface area contributed by atoms with Crippen molar-refractivity contribution in [3.63, 3.8) is 0 Å². The molecule has 12 heteroatoms. The Labute approximate surface area is 219 Å². The van der Waals surface area contributed by atoms with Gasteiger partial charge in [-0.2, -0.15) is 13.2 Å². The van der Waals surface area contributed by atoms with Gasteiger partial charge in [-0.1, -0.05) is 18.2 Å². The molecule has 1 unspecified atom stereocenters. The lowest BCUT2D eigenvalue weighted by Crippen LogP contribution is -2.60. The molecule has 1 fully saturated rings. The topological polar surface area (TPSA) is 87.8 Å². The van der Waals surface area contributed by atoms with Crippen molar-refractivity contribution >= 4 is 17.0 Å². The lowest BCUT2D eigenvalue weighted by atomic mass is 9.97. The Balaban J connectivity index is 1.28. The average Bonchev–Trinajstić information content (AvgIpc) is 3.26. The molecule has 2 aliphatic heterocycles. The summed E-state index contributed by atoms with van der Waals surface area (Å²) in [5.74, 6) is -0.671. The van der Waals surface area contributed by atoms with Gasteiger partial charge in [0.15, 0.2) is 11.2 Å². The third kappa shape index (κ3) is 4.41. The first kappa shape index (κ1) is 25.1. The first-order valence-corrected chi connectivity index (χ1v) is 13.1. The van der Waals surface area contributed by atoms with Gasteiger partial charge in [0.2, 0.25) is 10.7 Å². The number of pyridine rings is 2. The van der Waals surface area contributed by atoms with Crippen molar-refractivity contribution in [2.75, 3.05) is 19.8 Å². The third-order valence-electron chi connectivity index (χ3n) is 7.01. The number of hydrogen-bond donors (Lipinski definition) is 0. The molecule has 0 bridgehead atoms. The lowest BCUT2D eigenvalue weighted by Gasteiger charge is -2.40. The van der Waals surface area contributed by atoms with E-state index < -0.39 is 29.0 Å². The Morgan fingerprint density at radius 3 is 2.66 bits per heavy atom. The molecule has 1 spiro atoms. The lowest BCUT2D eigenvalue weighted by molar-refractivity contribution is -0.166. The van der Waals surface area contributed by atoms with Crippen LogP contribution < -0.4 is 4.74 Å². The number of alkyl halides is 3. The van der Waals surface area contributed by atoms with Gasteiger partial charge < -0.3 is 14.0 Å². The Morgan fingerprint density at radius 1 is 1.11 bits per heavy atom. The van der Waals surface area contributed by atoms with Crippen molar-refractivity contribution in [1.82, 2.24) is 23.9 Å². The van der Waals surface area contributed by atoms with Crippen LogP contribution in [0.1, 0.15) is 33.6 Å². The molecule has 38 heavy (non-hydrogen) atoms. The molecule has 0 saturated carbocycles. The van der Waals surface area contributed by atoms with Crippen LogP contribution in [0.15, 0.2) is 53.7 Å². The zero-order chi connectivity index (χ0) is 26.7. The van der Waals surface area contributed by atoms with E-state index in [9.17, 15) is 17.7 Å². The molecule has 1 saturated heterocycles. The monoisotopic (exact) mass is 543 g/mol. The highest BCUT2D eigenvalue weighted by Gasteiger charge is 2.50. The predicted molar refractivity (Wildman–Crippen MR) is 132 cm³/mol. The Hall–Kier alpha value is -3.19. The standard InChI is InChI=1S/C26H24F3N5O3S/c1-16-5-6-18(10-19-7-9-34-22(17(19)2)31-32-24(34)26(27,28)29)11-20(16)12-33-13-25(14-36-15-25)37-23-21(38(33)35)4-3-8-30-23/h3-9,11H,10,12-15H2,1-2H3. The van der Waals surface area contributed by atoms with Gasteiger partial charge in [-0.3, -0.25) is 4.40 Å². The number of aryl methyl sites for hydroxylation is 2. The van der Waals surface area contributed by atoms with Crippen LogP contribution in [0.4, 0.5) is 13.2 Å². The van der Waals surface area contributed by atoms with Crippen LogP contribution in [0.25, 0.3) is 5.65 Å². The van der Waals surface area contributed by atoms with E-state index in [4.69, 9.17) is 9.47 Å². The Morgan fingerprint density at radius 2 is 1.92 bits per heavy atom. The second-order valence-corrected chi connectivity index (χ2v) is 11.2. The van der Waals surface area contributed by atoms with E-state index in [1.54, 1.807) is 31.3 Å². The summed E-state index contributed by atoms with van der Waals surface area (Å²) in [7, 11) is 0. The van der Waals surface area contributed by atoms with Gasteiger partial charge in [0.1, 0.15) is 0 Å².